The molecule has 0 spiro atoms. The number of ketones is 2. The van der Waals surface area contributed by atoms with Crippen molar-refractivity contribution in [1.29, 1.82) is 0 Å². The molecule has 31 heavy (non-hydrogen) atoms. The van der Waals surface area contributed by atoms with Crippen LogP contribution in [0.15, 0.2) is 23.8 Å². The number of esters is 1. The van der Waals surface area contributed by atoms with Crippen LogP contribution in [0.4, 0.5) is 0 Å². The Bertz CT molecular complexity index is 932. The van der Waals surface area contributed by atoms with Crippen LogP contribution >= 0.6 is 0 Å². The van der Waals surface area contributed by atoms with Gasteiger partial charge in [0.25, 0.3) is 5.78 Å². The summed E-state index contributed by atoms with van der Waals surface area (Å²) in [6, 6.07) is 0. The molecule has 2 unspecified atom stereocenters. The molecule has 3 fully saturated rings. The third kappa shape index (κ3) is 2.81. The van der Waals surface area contributed by atoms with Crippen LogP contribution in [0.25, 0.3) is 0 Å². The van der Waals surface area contributed by atoms with E-state index in [1.54, 1.807) is 19.1 Å². The number of aliphatic hydroxyl groups is 1. The van der Waals surface area contributed by atoms with Crippen molar-refractivity contribution in [3.8, 4) is 0 Å². The molecule has 4 aliphatic carbocycles. The van der Waals surface area contributed by atoms with E-state index in [4.69, 9.17) is 4.74 Å². The van der Waals surface area contributed by atoms with Gasteiger partial charge in [-0.1, -0.05) is 32.4 Å². The molecule has 8 atom stereocenters. The first kappa shape index (κ1) is 21.9. The van der Waals surface area contributed by atoms with Gasteiger partial charge in [0.2, 0.25) is 0 Å². The Labute approximate surface area is 181 Å². The molecule has 0 heterocycles. The summed E-state index contributed by atoms with van der Waals surface area (Å²) in [5.74, 6) is -3.62. The second kappa shape index (κ2) is 6.86. The van der Waals surface area contributed by atoms with Gasteiger partial charge < -0.3 is 14.9 Å². The van der Waals surface area contributed by atoms with Gasteiger partial charge >= 0.3 is 11.9 Å². The van der Waals surface area contributed by atoms with Gasteiger partial charge in [0.15, 0.2) is 11.4 Å². The maximum atomic E-state index is 12.9. The molecule has 2 N–H and O–H groups in total. The molecule has 0 bridgehead atoms. The monoisotopic (exact) mass is 430 g/mol. The zero-order valence-corrected chi connectivity index (χ0v) is 18.4. The minimum Gasteiger partial charge on any atom is -0.475 e. The van der Waals surface area contributed by atoms with E-state index in [1.165, 1.54) is 6.92 Å². The standard InChI is InChI=1S/C24H30O7/c1-12-9-15-16-6-8-24(31-13(2)25,20(28)21(29)30)23(16,4)11-18(27)19(15)22(3)7-5-14(26)10-17(12)22/h5,7,10,12,15-16,18-19,27H,6,8-9,11H2,1-4H3,(H,29,30)/t12?,15-,16-,18?,19+,22-,23-,24-/m0/s1. The fourth-order valence-electron chi connectivity index (χ4n) is 7.74. The van der Waals surface area contributed by atoms with E-state index in [-0.39, 0.29) is 42.3 Å². The summed E-state index contributed by atoms with van der Waals surface area (Å²) in [7, 11) is 0. The Balaban J connectivity index is 1.81. The zero-order valence-electron chi connectivity index (χ0n) is 18.4. The molecule has 0 aromatic rings. The summed E-state index contributed by atoms with van der Waals surface area (Å²) in [6.45, 7) is 7.10. The van der Waals surface area contributed by atoms with Crippen LogP contribution in [0.2, 0.25) is 0 Å². The van der Waals surface area contributed by atoms with Gasteiger partial charge in [-0.05, 0) is 55.6 Å². The Morgan fingerprint density at radius 2 is 1.90 bits per heavy atom. The quantitative estimate of drug-likeness (QED) is 0.522. The van der Waals surface area contributed by atoms with Gasteiger partial charge in [-0.2, -0.15) is 0 Å². The third-order valence-electron chi connectivity index (χ3n) is 8.82. The van der Waals surface area contributed by atoms with Gasteiger partial charge in [-0.25, -0.2) is 4.79 Å². The molecular formula is C24H30O7. The number of hydrogen-bond donors (Lipinski definition) is 2. The molecule has 0 aromatic carbocycles. The maximum Gasteiger partial charge on any atom is 0.376 e. The number of carboxylic acid groups (broad SMARTS) is 1. The second-order valence-corrected chi connectivity index (χ2v) is 10.3. The number of aliphatic hydroxyl groups excluding tert-OH is 1. The van der Waals surface area contributed by atoms with Crippen LogP contribution < -0.4 is 0 Å². The van der Waals surface area contributed by atoms with Gasteiger partial charge in [0.1, 0.15) is 0 Å². The Morgan fingerprint density at radius 1 is 1.23 bits per heavy atom. The highest BCUT2D eigenvalue weighted by atomic mass is 16.6. The first-order valence-electron chi connectivity index (χ1n) is 11.0. The van der Waals surface area contributed by atoms with Crippen LogP contribution in [0.3, 0.4) is 0 Å². The summed E-state index contributed by atoms with van der Waals surface area (Å²) >= 11 is 0. The lowest BCUT2D eigenvalue weighted by Crippen LogP contribution is -2.64. The molecule has 0 saturated heterocycles. The van der Waals surface area contributed by atoms with Crippen molar-refractivity contribution in [3.05, 3.63) is 23.8 Å². The normalized spacial score (nSPS) is 45.8. The molecule has 7 nitrogen and oxygen atoms in total. The first-order chi connectivity index (χ1) is 14.4. The summed E-state index contributed by atoms with van der Waals surface area (Å²) < 4.78 is 5.54. The Hall–Kier alpha value is -2.28. The highest BCUT2D eigenvalue weighted by Gasteiger charge is 2.71. The van der Waals surface area contributed by atoms with Gasteiger partial charge in [-0.15, -0.1) is 0 Å². The van der Waals surface area contributed by atoms with Crippen molar-refractivity contribution >= 4 is 23.5 Å². The molecule has 0 aliphatic heterocycles. The average molecular weight is 430 g/mol. The number of aliphatic carboxylic acids is 1. The van der Waals surface area contributed by atoms with Crippen LogP contribution in [0, 0.1) is 34.5 Å². The minimum atomic E-state index is -1.78. The summed E-state index contributed by atoms with van der Waals surface area (Å²) in [5, 5.41) is 20.9. The topological polar surface area (TPSA) is 118 Å². The van der Waals surface area contributed by atoms with Crippen LogP contribution in [0.5, 0.6) is 0 Å². The minimum absolute atomic E-state index is 0.00257. The molecule has 7 heteroatoms. The van der Waals surface area contributed by atoms with E-state index < -0.39 is 40.3 Å². The van der Waals surface area contributed by atoms with Gasteiger partial charge in [0.05, 0.1) is 6.10 Å². The number of fused-ring (bicyclic) bond motifs is 5. The molecule has 168 valence electrons. The van der Waals surface area contributed by atoms with Crippen molar-refractivity contribution in [2.75, 3.05) is 0 Å². The summed E-state index contributed by atoms with van der Waals surface area (Å²) in [5.41, 5.74) is -2.23. The number of carboxylic acids is 1. The number of carbonyl (C=O) groups is 4. The second-order valence-electron chi connectivity index (χ2n) is 10.3. The van der Waals surface area contributed by atoms with Crippen molar-refractivity contribution in [1.82, 2.24) is 0 Å². The molecular weight excluding hydrogens is 400 g/mol. The van der Waals surface area contributed by atoms with E-state index in [0.29, 0.717) is 6.42 Å². The number of carbonyl (C=O) groups excluding carboxylic acids is 3. The smallest absolute Gasteiger partial charge is 0.376 e. The van der Waals surface area contributed by atoms with Gasteiger partial charge in [-0.3, -0.25) is 14.4 Å². The largest absolute Gasteiger partial charge is 0.475 e. The van der Waals surface area contributed by atoms with Crippen molar-refractivity contribution in [2.45, 2.75) is 65.1 Å². The average Bonchev–Trinajstić information content (AvgIpc) is 2.94. The highest BCUT2D eigenvalue weighted by molar-refractivity contribution is 6.36. The Kier molecular flexibility index (Phi) is 4.85. The highest BCUT2D eigenvalue weighted by Crippen LogP contribution is 2.68. The van der Waals surface area contributed by atoms with Crippen molar-refractivity contribution in [3.63, 3.8) is 0 Å². The van der Waals surface area contributed by atoms with E-state index >= 15 is 0 Å². The molecule has 0 amide bonds. The van der Waals surface area contributed by atoms with Crippen molar-refractivity contribution < 1.29 is 34.1 Å². The molecule has 4 aliphatic rings. The summed E-state index contributed by atoms with van der Waals surface area (Å²) in [4.78, 5) is 48.6. The lowest BCUT2D eigenvalue weighted by Gasteiger charge is -2.60. The van der Waals surface area contributed by atoms with E-state index in [9.17, 15) is 29.4 Å². The SMILES string of the molecule is CC(=O)O[C@]1(C(=O)C(=O)O)CC[C@H]2[C@@H]3CC(C)C4=CC(=O)C=C[C@]4(C)[C@H]3C(O)C[C@@]21C. The van der Waals surface area contributed by atoms with Crippen LogP contribution in [-0.4, -0.2) is 45.4 Å². The lowest BCUT2D eigenvalue weighted by atomic mass is 9.44. The number of allylic oxidation sites excluding steroid dienone is 4. The molecule has 4 rings (SSSR count). The van der Waals surface area contributed by atoms with E-state index in [0.717, 1.165) is 12.0 Å². The number of Topliss-reactive ketones (excluding diaryl/α,β-unsaturated/α-hetero) is 1. The molecule has 3 saturated carbocycles. The lowest BCUT2D eigenvalue weighted by molar-refractivity contribution is -0.200. The number of hydrogen-bond acceptors (Lipinski definition) is 6. The summed E-state index contributed by atoms with van der Waals surface area (Å²) in [6.07, 6.45) is 5.88. The van der Waals surface area contributed by atoms with Gasteiger partial charge in [0, 0.05) is 23.7 Å². The first-order valence-corrected chi connectivity index (χ1v) is 11.0. The fraction of sp³-hybridized carbons (Fsp3) is 0.667. The fourth-order valence-corrected chi connectivity index (χ4v) is 7.74. The third-order valence-corrected chi connectivity index (χ3v) is 8.82. The van der Waals surface area contributed by atoms with E-state index in [1.807, 2.05) is 6.08 Å². The number of rotatable bonds is 3. The molecule has 0 radical (unpaired) electrons. The van der Waals surface area contributed by atoms with Crippen LogP contribution in [-0.2, 0) is 23.9 Å². The van der Waals surface area contributed by atoms with Crippen molar-refractivity contribution in [2.24, 2.45) is 34.5 Å². The number of ether oxygens (including phenoxy) is 1. The maximum absolute atomic E-state index is 12.9. The predicted octanol–water partition coefficient (Wildman–Crippen LogP) is 2.47. The van der Waals surface area contributed by atoms with Crippen LogP contribution in [0.1, 0.15) is 53.4 Å². The zero-order chi connectivity index (χ0) is 22.9. The molecule has 0 aromatic heterocycles. The predicted molar refractivity (Wildman–Crippen MR) is 110 cm³/mol. The van der Waals surface area contributed by atoms with E-state index in [2.05, 4.69) is 13.8 Å². The Morgan fingerprint density at radius 3 is 2.52 bits per heavy atom.